The van der Waals surface area contributed by atoms with Crippen molar-refractivity contribution in [1.29, 1.82) is 0 Å². The molecule has 182 valence electrons. The van der Waals surface area contributed by atoms with Gasteiger partial charge in [0.2, 0.25) is 0 Å². The fourth-order valence-corrected chi connectivity index (χ4v) is 3.85. The molecule has 0 bridgehead atoms. The minimum atomic E-state index is -2.77. The second-order valence-electron chi connectivity index (χ2n) is 7.80. The van der Waals surface area contributed by atoms with E-state index >= 15 is 0 Å². The van der Waals surface area contributed by atoms with Crippen molar-refractivity contribution in [3.63, 3.8) is 0 Å². The third-order valence-corrected chi connectivity index (χ3v) is 5.41. The van der Waals surface area contributed by atoms with E-state index in [9.17, 15) is 18.4 Å². The Kier molecular flexibility index (Phi) is 5.84. The number of fused-ring (bicyclic) bond motifs is 2. The van der Waals surface area contributed by atoms with Crippen molar-refractivity contribution in [2.45, 2.75) is 20.3 Å². The van der Waals surface area contributed by atoms with Crippen LogP contribution in [-0.4, -0.2) is 47.7 Å². The van der Waals surface area contributed by atoms with E-state index in [0.29, 0.717) is 28.3 Å². The number of aromatic nitrogens is 6. The Hall–Kier alpha value is -4.74. The summed E-state index contributed by atoms with van der Waals surface area (Å²) in [5.41, 5.74) is 2.43. The highest BCUT2D eigenvalue weighted by Gasteiger charge is 2.21. The lowest BCUT2D eigenvalue weighted by Gasteiger charge is -2.09. The van der Waals surface area contributed by atoms with E-state index in [1.807, 2.05) is 6.07 Å². The quantitative estimate of drug-likeness (QED) is 0.355. The molecule has 0 aliphatic rings. The predicted molar refractivity (Wildman–Crippen MR) is 125 cm³/mol. The number of carbonyl (C=O) groups excluding carboxylic acids is 2. The van der Waals surface area contributed by atoms with Gasteiger partial charge in [0.1, 0.15) is 16.8 Å². The van der Waals surface area contributed by atoms with Gasteiger partial charge in [-0.15, -0.1) is 0 Å². The van der Waals surface area contributed by atoms with Crippen molar-refractivity contribution in [2.75, 3.05) is 11.9 Å². The van der Waals surface area contributed by atoms with Crippen LogP contribution in [0.15, 0.2) is 55.0 Å². The molecule has 1 aromatic carbocycles. The van der Waals surface area contributed by atoms with E-state index in [1.165, 1.54) is 23.0 Å². The molecule has 0 fully saturated rings. The second kappa shape index (κ2) is 9.13. The third-order valence-electron chi connectivity index (χ3n) is 5.41. The Bertz CT molecular complexity index is 1630. The Morgan fingerprint density at radius 3 is 2.61 bits per heavy atom. The summed E-state index contributed by atoms with van der Waals surface area (Å²) < 4.78 is 34.4. The number of nitrogens with zero attached hydrogens (tertiary/aromatic N) is 6. The van der Waals surface area contributed by atoms with Crippen LogP contribution in [0.4, 0.5) is 14.5 Å². The summed E-state index contributed by atoms with van der Waals surface area (Å²) in [5.74, 6) is -1.07. The van der Waals surface area contributed by atoms with E-state index in [4.69, 9.17) is 4.74 Å². The van der Waals surface area contributed by atoms with Crippen molar-refractivity contribution in [3.8, 4) is 11.3 Å². The van der Waals surface area contributed by atoms with Crippen LogP contribution in [0.2, 0.25) is 0 Å². The van der Waals surface area contributed by atoms with Gasteiger partial charge in [-0.05, 0) is 38.1 Å². The normalized spacial score (nSPS) is 11.4. The minimum Gasteiger partial charge on any atom is -0.462 e. The Labute approximate surface area is 202 Å². The highest BCUT2D eigenvalue weighted by molar-refractivity contribution is 6.08. The van der Waals surface area contributed by atoms with Crippen LogP contribution in [0.5, 0.6) is 0 Å². The van der Waals surface area contributed by atoms with Gasteiger partial charge in [0.25, 0.3) is 12.3 Å². The van der Waals surface area contributed by atoms with E-state index in [2.05, 4.69) is 25.5 Å². The molecule has 1 amide bonds. The van der Waals surface area contributed by atoms with Gasteiger partial charge in [-0.25, -0.2) is 32.6 Å². The van der Waals surface area contributed by atoms with Crippen LogP contribution in [0.3, 0.4) is 0 Å². The zero-order valence-electron chi connectivity index (χ0n) is 19.1. The topological polar surface area (TPSA) is 116 Å². The molecule has 36 heavy (non-hydrogen) atoms. The van der Waals surface area contributed by atoms with Gasteiger partial charge in [-0.1, -0.05) is 12.1 Å². The summed E-state index contributed by atoms with van der Waals surface area (Å²) in [7, 11) is 0. The minimum absolute atomic E-state index is 0.0397. The molecule has 0 aliphatic carbocycles. The first-order chi connectivity index (χ1) is 17.4. The largest absolute Gasteiger partial charge is 0.462 e. The van der Waals surface area contributed by atoms with Crippen LogP contribution in [0.25, 0.3) is 22.6 Å². The Morgan fingerprint density at radius 1 is 1.06 bits per heavy atom. The Morgan fingerprint density at radius 2 is 1.83 bits per heavy atom. The molecule has 4 aromatic heterocycles. The average Bonchev–Trinajstić information content (AvgIpc) is 3.48. The molecule has 5 aromatic rings. The van der Waals surface area contributed by atoms with E-state index in [0.717, 1.165) is 4.52 Å². The number of esters is 1. The van der Waals surface area contributed by atoms with Crippen LogP contribution >= 0.6 is 0 Å². The van der Waals surface area contributed by atoms with Crippen LogP contribution in [0, 0.1) is 6.92 Å². The number of hydrogen-bond acceptors (Lipinski definition) is 7. The number of rotatable bonds is 6. The van der Waals surface area contributed by atoms with Gasteiger partial charge in [0.05, 0.1) is 24.7 Å². The highest BCUT2D eigenvalue weighted by Crippen LogP contribution is 2.26. The van der Waals surface area contributed by atoms with E-state index < -0.39 is 18.3 Å². The molecule has 1 N–H and O–H groups in total. The van der Waals surface area contributed by atoms with E-state index in [-0.39, 0.29) is 29.1 Å². The maximum Gasteiger partial charge on any atom is 0.343 e. The number of hydrogen-bond donors (Lipinski definition) is 1. The van der Waals surface area contributed by atoms with Crippen molar-refractivity contribution >= 4 is 28.9 Å². The third kappa shape index (κ3) is 4.02. The molecule has 12 heteroatoms. The summed E-state index contributed by atoms with van der Waals surface area (Å²) in [6.45, 7) is 3.51. The van der Waals surface area contributed by atoms with Gasteiger partial charge in [-0.3, -0.25) is 4.79 Å². The maximum atomic E-state index is 13.4. The van der Waals surface area contributed by atoms with Gasteiger partial charge >= 0.3 is 5.97 Å². The molecule has 0 saturated heterocycles. The summed E-state index contributed by atoms with van der Waals surface area (Å²) >= 11 is 0. The summed E-state index contributed by atoms with van der Waals surface area (Å²) in [6, 6.07) is 9.90. The Balaban J connectivity index is 1.47. The number of alkyl halides is 2. The van der Waals surface area contributed by atoms with Crippen molar-refractivity contribution in [1.82, 2.24) is 29.2 Å². The molecular formula is C24H19F2N7O3. The molecule has 5 rings (SSSR count). The first-order valence-electron chi connectivity index (χ1n) is 10.9. The lowest BCUT2D eigenvalue weighted by atomic mass is 10.1. The van der Waals surface area contributed by atoms with Gasteiger partial charge in [0.15, 0.2) is 11.3 Å². The molecule has 0 spiro atoms. The van der Waals surface area contributed by atoms with Crippen LogP contribution in [-0.2, 0) is 4.74 Å². The molecule has 0 unspecified atom stereocenters. The number of anilines is 1. The summed E-state index contributed by atoms with van der Waals surface area (Å²) in [5, 5.41) is 11.0. The number of nitrogens with one attached hydrogen (secondary N) is 1. The fraction of sp³-hybridized carbons (Fsp3) is 0.167. The zero-order valence-corrected chi connectivity index (χ0v) is 19.1. The first kappa shape index (κ1) is 23.0. The number of aryl methyl sites for hydroxylation is 1. The lowest BCUT2D eigenvalue weighted by molar-refractivity contribution is 0.0528. The molecular weight excluding hydrogens is 472 g/mol. The number of ether oxygens (including phenoxy) is 1. The van der Waals surface area contributed by atoms with Crippen molar-refractivity contribution in [2.24, 2.45) is 0 Å². The molecule has 0 atom stereocenters. The maximum absolute atomic E-state index is 13.4. The standard InChI is InChI=1S/C24H19F2N7O3/c1-3-36-24(35)17-12-29-32-18(7-8-27-21(17)32)14-5-4-6-15(10-14)31-23(34)16-11-28-33-19(20(25)26)9-13(2)30-22(16)33/h4-12,20H,3H2,1-2H3,(H,31,34). The van der Waals surface area contributed by atoms with Crippen molar-refractivity contribution < 1.29 is 23.1 Å². The van der Waals surface area contributed by atoms with E-state index in [1.54, 1.807) is 44.3 Å². The zero-order chi connectivity index (χ0) is 25.4. The molecule has 0 aliphatic heterocycles. The molecule has 0 saturated carbocycles. The van der Waals surface area contributed by atoms with Crippen LogP contribution < -0.4 is 5.32 Å². The highest BCUT2D eigenvalue weighted by atomic mass is 19.3. The number of amides is 1. The smallest absolute Gasteiger partial charge is 0.343 e. The van der Waals surface area contributed by atoms with Crippen molar-refractivity contribution in [3.05, 3.63) is 77.5 Å². The second-order valence-corrected chi connectivity index (χ2v) is 7.80. The average molecular weight is 491 g/mol. The first-order valence-corrected chi connectivity index (χ1v) is 10.9. The monoisotopic (exact) mass is 491 g/mol. The molecule has 4 heterocycles. The van der Waals surface area contributed by atoms with Gasteiger partial charge < -0.3 is 10.1 Å². The molecule has 0 radical (unpaired) electrons. The molecule has 10 nitrogen and oxygen atoms in total. The van der Waals surface area contributed by atoms with Gasteiger partial charge in [-0.2, -0.15) is 10.2 Å². The van der Waals surface area contributed by atoms with Gasteiger partial charge in [0, 0.05) is 23.1 Å². The summed E-state index contributed by atoms with van der Waals surface area (Å²) in [4.78, 5) is 33.7. The summed E-state index contributed by atoms with van der Waals surface area (Å²) in [6.07, 6.45) is 1.38. The fourth-order valence-electron chi connectivity index (χ4n) is 3.85. The SMILES string of the molecule is CCOC(=O)c1cnn2c(-c3cccc(NC(=O)c4cnn5c(C(F)F)cc(C)nc45)c3)ccnc12. The lowest BCUT2D eigenvalue weighted by Crippen LogP contribution is -2.13. The van der Waals surface area contributed by atoms with Crippen LogP contribution in [0.1, 0.15) is 45.5 Å². The number of carbonyl (C=O) groups is 2. The number of benzene rings is 1. The number of halogens is 2. The predicted octanol–water partition coefficient (Wildman–Crippen LogP) is 4.11.